The molecule has 0 saturated carbocycles. The Bertz CT molecular complexity index is 129. The van der Waals surface area contributed by atoms with Gasteiger partial charge in [0.05, 0.1) is 6.61 Å². The Kier molecular flexibility index (Phi) is 10.3. The fraction of sp³-hybridized carbons (Fsp3) is 1.00. The topological polar surface area (TPSA) is 24.5 Å². The van der Waals surface area contributed by atoms with E-state index in [0.29, 0.717) is 0 Å². The van der Waals surface area contributed by atoms with Crippen LogP contribution in [0.25, 0.3) is 0 Å². The van der Waals surface area contributed by atoms with Crippen LogP contribution in [0.15, 0.2) is 0 Å². The van der Waals surface area contributed by atoms with E-state index in [1.807, 2.05) is 0 Å². The predicted octanol–water partition coefficient (Wildman–Crippen LogP) is 1.59. The van der Waals surface area contributed by atoms with Crippen molar-refractivity contribution in [3.8, 4) is 0 Å². The summed E-state index contributed by atoms with van der Waals surface area (Å²) in [6, 6.07) is 0. The molecule has 0 saturated heterocycles. The van der Waals surface area contributed by atoms with Crippen LogP contribution in [0.3, 0.4) is 0 Å². The molecule has 1 N–H and O–H groups in total. The summed E-state index contributed by atoms with van der Waals surface area (Å²) in [5.74, 6) is 0.737. The minimum atomic E-state index is 0.737. The van der Waals surface area contributed by atoms with Crippen LogP contribution in [0.4, 0.5) is 0 Å². The van der Waals surface area contributed by atoms with Gasteiger partial charge in [-0.25, -0.2) is 0 Å². The Hall–Kier alpha value is -0.120. The van der Waals surface area contributed by atoms with E-state index in [1.165, 1.54) is 19.5 Å². The highest BCUT2D eigenvalue weighted by Gasteiger charge is 2.06. The normalized spacial score (nSPS) is 11.6. The van der Waals surface area contributed by atoms with Gasteiger partial charge in [-0.05, 0) is 32.0 Å². The highest BCUT2D eigenvalue weighted by molar-refractivity contribution is 4.61. The first-order chi connectivity index (χ1) is 7.20. The number of hydrogen-bond donors (Lipinski definition) is 1. The lowest BCUT2D eigenvalue weighted by molar-refractivity contribution is 0.139. The van der Waals surface area contributed by atoms with Crippen molar-refractivity contribution in [2.45, 2.75) is 27.2 Å². The number of nitrogens with one attached hydrogen (secondary N) is 1. The minimum Gasteiger partial charge on any atom is -0.383 e. The maximum atomic E-state index is 5.12. The van der Waals surface area contributed by atoms with Crippen LogP contribution in [0.1, 0.15) is 27.2 Å². The third kappa shape index (κ3) is 10.2. The largest absolute Gasteiger partial charge is 0.383 e. The standard InChI is InChI=1S/C12H28N2O/c1-5-13-7-6-8-14(9-10-15-4)11-12(2)3/h12-13H,5-11H2,1-4H3. The van der Waals surface area contributed by atoms with Gasteiger partial charge in [0, 0.05) is 20.2 Å². The molecule has 92 valence electrons. The number of methoxy groups -OCH3 is 1. The maximum absolute atomic E-state index is 5.12. The Labute approximate surface area is 95.2 Å². The summed E-state index contributed by atoms with van der Waals surface area (Å²) in [6.45, 7) is 13.1. The van der Waals surface area contributed by atoms with Gasteiger partial charge in [-0.3, -0.25) is 0 Å². The van der Waals surface area contributed by atoms with Crippen molar-refractivity contribution in [2.24, 2.45) is 5.92 Å². The van der Waals surface area contributed by atoms with E-state index in [4.69, 9.17) is 4.74 Å². The van der Waals surface area contributed by atoms with Gasteiger partial charge in [0.25, 0.3) is 0 Å². The van der Waals surface area contributed by atoms with Gasteiger partial charge in [-0.1, -0.05) is 20.8 Å². The lowest BCUT2D eigenvalue weighted by atomic mass is 10.2. The second-order valence-electron chi connectivity index (χ2n) is 4.39. The molecule has 0 atom stereocenters. The lowest BCUT2D eigenvalue weighted by Gasteiger charge is -2.23. The molecule has 0 aromatic heterocycles. The Morgan fingerprint density at radius 1 is 1.27 bits per heavy atom. The quantitative estimate of drug-likeness (QED) is 0.561. The van der Waals surface area contributed by atoms with Gasteiger partial charge in [0.2, 0.25) is 0 Å². The molecule has 0 aliphatic carbocycles. The van der Waals surface area contributed by atoms with Crippen LogP contribution in [-0.2, 0) is 4.74 Å². The van der Waals surface area contributed by atoms with Crippen molar-refractivity contribution in [1.29, 1.82) is 0 Å². The third-order valence-electron chi connectivity index (χ3n) is 2.31. The smallest absolute Gasteiger partial charge is 0.0589 e. The van der Waals surface area contributed by atoms with Crippen molar-refractivity contribution in [3.05, 3.63) is 0 Å². The first kappa shape index (κ1) is 14.9. The summed E-state index contributed by atoms with van der Waals surface area (Å²) in [5.41, 5.74) is 0. The van der Waals surface area contributed by atoms with Gasteiger partial charge in [0.1, 0.15) is 0 Å². The van der Waals surface area contributed by atoms with Crippen molar-refractivity contribution in [3.63, 3.8) is 0 Å². The fourth-order valence-electron chi connectivity index (χ4n) is 1.64. The molecule has 0 aliphatic heterocycles. The van der Waals surface area contributed by atoms with E-state index in [9.17, 15) is 0 Å². The van der Waals surface area contributed by atoms with E-state index in [-0.39, 0.29) is 0 Å². The van der Waals surface area contributed by atoms with Gasteiger partial charge < -0.3 is 15.0 Å². The van der Waals surface area contributed by atoms with Gasteiger partial charge in [0.15, 0.2) is 0 Å². The van der Waals surface area contributed by atoms with E-state index in [2.05, 4.69) is 31.0 Å². The van der Waals surface area contributed by atoms with E-state index in [0.717, 1.165) is 32.2 Å². The monoisotopic (exact) mass is 216 g/mol. The first-order valence-electron chi connectivity index (χ1n) is 6.12. The molecular weight excluding hydrogens is 188 g/mol. The summed E-state index contributed by atoms with van der Waals surface area (Å²) in [6.07, 6.45) is 1.23. The van der Waals surface area contributed by atoms with E-state index in [1.54, 1.807) is 7.11 Å². The Morgan fingerprint density at radius 3 is 2.53 bits per heavy atom. The van der Waals surface area contributed by atoms with Gasteiger partial charge in [-0.15, -0.1) is 0 Å². The predicted molar refractivity (Wildman–Crippen MR) is 66.3 cm³/mol. The number of ether oxygens (including phenoxy) is 1. The highest BCUT2D eigenvalue weighted by atomic mass is 16.5. The second kappa shape index (κ2) is 10.4. The molecule has 3 heteroatoms. The zero-order valence-corrected chi connectivity index (χ0v) is 10.9. The average molecular weight is 216 g/mol. The molecule has 0 bridgehead atoms. The van der Waals surface area contributed by atoms with Crippen molar-refractivity contribution >= 4 is 0 Å². The molecule has 0 aliphatic rings. The summed E-state index contributed by atoms with van der Waals surface area (Å²) in [7, 11) is 1.77. The van der Waals surface area contributed by atoms with Crippen LogP contribution in [0.2, 0.25) is 0 Å². The zero-order chi connectivity index (χ0) is 11.5. The molecule has 0 rings (SSSR count). The fourth-order valence-corrected chi connectivity index (χ4v) is 1.64. The Morgan fingerprint density at radius 2 is 2.00 bits per heavy atom. The van der Waals surface area contributed by atoms with Crippen molar-refractivity contribution in [1.82, 2.24) is 10.2 Å². The number of rotatable bonds is 10. The average Bonchev–Trinajstić information content (AvgIpc) is 2.19. The SMILES string of the molecule is CCNCCCN(CCOC)CC(C)C. The molecule has 3 nitrogen and oxygen atoms in total. The van der Waals surface area contributed by atoms with Crippen LogP contribution in [0, 0.1) is 5.92 Å². The van der Waals surface area contributed by atoms with Gasteiger partial charge >= 0.3 is 0 Å². The van der Waals surface area contributed by atoms with Crippen molar-refractivity contribution in [2.75, 3.05) is 46.4 Å². The van der Waals surface area contributed by atoms with Crippen LogP contribution in [-0.4, -0.2) is 51.3 Å². The summed E-state index contributed by atoms with van der Waals surface area (Å²) < 4.78 is 5.12. The summed E-state index contributed by atoms with van der Waals surface area (Å²) >= 11 is 0. The second-order valence-corrected chi connectivity index (χ2v) is 4.39. The molecular formula is C12H28N2O. The molecule has 0 heterocycles. The van der Waals surface area contributed by atoms with Crippen LogP contribution < -0.4 is 5.32 Å². The molecule has 0 unspecified atom stereocenters. The van der Waals surface area contributed by atoms with Crippen LogP contribution >= 0.6 is 0 Å². The van der Waals surface area contributed by atoms with Crippen LogP contribution in [0.5, 0.6) is 0 Å². The number of nitrogens with zero attached hydrogens (tertiary/aromatic N) is 1. The maximum Gasteiger partial charge on any atom is 0.0589 e. The highest BCUT2D eigenvalue weighted by Crippen LogP contribution is 1.99. The lowest BCUT2D eigenvalue weighted by Crippen LogP contribution is -2.33. The summed E-state index contributed by atoms with van der Waals surface area (Å²) in [4.78, 5) is 2.49. The molecule has 0 aromatic rings. The third-order valence-corrected chi connectivity index (χ3v) is 2.31. The molecule has 0 aromatic carbocycles. The minimum absolute atomic E-state index is 0.737. The van der Waals surface area contributed by atoms with Gasteiger partial charge in [-0.2, -0.15) is 0 Å². The van der Waals surface area contributed by atoms with E-state index >= 15 is 0 Å². The first-order valence-corrected chi connectivity index (χ1v) is 6.12. The molecule has 0 amide bonds. The molecule has 0 radical (unpaired) electrons. The molecule has 15 heavy (non-hydrogen) atoms. The molecule has 0 fully saturated rings. The zero-order valence-electron chi connectivity index (χ0n) is 10.9. The summed E-state index contributed by atoms with van der Waals surface area (Å²) in [5, 5.41) is 3.36. The molecule has 0 spiro atoms. The number of hydrogen-bond acceptors (Lipinski definition) is 3. The Balaban J connectivity index is 3.59. The van der Waals surface area contributed by atoms with E-state index < -0.39 is 0 Å². The van der Waals surface area contributed by atoms with Crippen molar-refractivity contribution < 1.29 is 4.74 Å².